The van der Waals surface area contributed by atoms with Gasteiger partial charge in [0, 0.05) is 0 Å². The van der Waals surface area contributed by atoms with Gasteiger partial charge in [0.25, 0.3) is 0 Å². The third kappa shape index (κ3) is 8.16. The molecule has 0 aliphatic rings. The summed E-state index contributed by atoms with van der Waals surface area (Å²) in [6.07, 6.45) is 3.22. The summed E-state index contributed by atoms with van der Waals surface area (Å²) in [4.78, 5) is 10.2. The lowest BCUT2D eigenvalue weighted by atomic mass is 9.98. The number of allylic oxidation sites excluding steroid dienone is 2. The van der Waals surface area contributed by atoms with Gasteiger partial charge in [-0.2, -0.15) is 0 Å². The van der Waals surface area contributed by atoms with Crippen LogP contribution in [-0.4, -0.2) is 17.2 Å². The van der Waals surface area contributed by atoms with Crippen molar-refractivity contribution in [3.8, 4) is 0 Å². The number of rotatable bonds is 7. The first-order chi connectivity index (χ1) is 6.93. The normalized spacial score (nSPS) is 14.4. The minimum absolute atomic E-state index is 0.130. The minimum atomic E-state index is -1.70. The van der Waals surface area contributed by atoms with Gasteiger partial charge in [0.15, 0.2) is 6.17 Å². The molecule has 0 aromatic heterocycles. The number of aliphatic carboxylic acids is 1. The second kappa shape index (κ2) is 7.43. The molecule has 0 saturated carbocycles. The van der Waals surface area contributed by atoms with Crippen LogP contribution in [0, 0.1) is 5.92 Å². The smallest absolute Gasteiger partial charge is 0.338 e. The molecular weight excluding hydrogens is 195 g/mol. The third-order valence-electron chi connectivity index (χ3n) is 2.39. The fraction of sp³-hybridized carbons (Fsp3) is 0.750. The Kier molecular flexibility index (Phi) is 7.01. The van der Waals surface area contributed by atoms with Crippen molar-refractivity contribution in [2.75, 3.05) is 0 Å². The van der Waals surface area contributed by atoms with Gasteiger partial charge < -0.3 is 5.11 Å². The standard InChI is InChI=1S/C12H21FO2/c1-9(2)5-4-6-10(3)7-8-11(13)12(14)15/h5,10-11H,4,6-8H2,1-3H3,(H,14,15)/t10-,11-/m0/s1. The maximum absolute atomic E-state index is 12.7. The van der Waals surface area contributed by atoms with E-state index in [0.29, 0.717) is 12.3 Å². The van der Waals surface area contributed by atoms with Crippen LogP contribution in [0.3, 0.4) is 0 Å². The molecule has 3 heteroatoms. The highest BCUT2D eigenvalue weighted by Crippen LogP contribution is 2.16. The van der Waals surface area contributed by atoms with E-state index in [4.69, 9.17) is 5.11 Å². The summed E-state index contributed by atoms with van der Waals surface area (Å²) in [5.41, 5.74) is 1.29. The quantitative estimate of drug-likeness (QED) is 0.660. The molecule has 0 aliphatic heterocycles. The molecule has 88 valence electrons. The van der Waals surface area contributed by atoms with Crippen LogP contribution in [0.5, 0.6) is 0 Å². The molecule has 0 bridgehead atoms. The van der Waals surface area contributed by atoms with Crippen LogP contribution in [0.4, 0.5) is 4.39 Å². The number of halogens is 1. The number of carboxylic acids is 1. The van der Waals surface area contributed by atoms with E-state index in [0.717, 1.165) is 12.8 Å². The van der Waals surface area contributed by atoms with Crippen LogP contribution in [0.1, 0.15) is 46.5 Å². The Morgan fingerprint density at radius 3 is 2.40 bits per heavy atom. The summed E-state index contributed by atoms with van der Waals surface area (Å²) >= 11 is 0. The zero-order valence-corrected chi connectivity index (χ0v) is 9.79. The SMILES string of the molecule is CC(C)=CCC[C@H](C)CC[C@H](F)C(=O)O. The predicted molar refractivity (Wildman–Crippen MR) is 59.6 cm³/mol. The molecule has 0 amide bonds. The third-order valence-corrected chi connectivity index (χ3v) is 2.39. The Morgan fingerprint density at radius 1 is 1.33 bits per heavy atom. The van der Waals surface area contributed by atoms with E-state index >= 15 is 0 Å². The van der Waals surface area contributed by atoms with E-state index in [-0.39, 0.29) is 6.42 Å². The molecule has 0 aromatic carbocycles. The number of alkyl halides is 1. The highest BCUT2D eigenvalue weighted by Gasteiger charge is 2.16. The Morgan fingerprint density at radius 2 is 1.93 bits per heavy atom. The number of carboxylic acid groups (broad SMARTS) is 1. The van der Waals surface area contributed by atoms with E-state index < -0.39 is 12.1 Å². The van der Waals surface area contributed by atoms with Crippen molar-refractivity contribution in [2.45, 2.75) is 52.6 Å². The van der Waals surface area contributed by atoms with Gasteiger partial charge in [-0.1, -0.05) is 18.6 Å². The van der Waals surface area contributed by atoms with Gasteiger partial charge in [-0.3, -0.25) is 0 Å². The summed E-state index contributed by atoms with van der Waals surface area (Å²) in [6.45, 7) is 6.13. The van der Waals surface area contributed by atoms with E-state index in [2.05, 4.69) is 6.08 Å². The van der Waals surface area contributed by atoms with Gasteiger partial charge in [0.1, 0.15) is 0 Å². The molecule has 0 heterocycles. The van der Waals surface area contributed by atoms with Crippen LogP contribution in [0.2, 0.25) is 0 Å². The van der Waals surface area contributed by atoms with Gasteiger partial charge in [0.05, 0.1) is 0 Å². The summed E-state index contributed by atoms with van der Waals surface area (Å²) < 4.78 is 12.7. The summed E-state index contributed by atoms with van der Waals surface area (Å²) in [6, 6.07) is 0. The van der Waals surface area contributed by atoms with Crippen molar-refractivity contribution >= 4 is 5.97 Å². The highest BCUT2D eigenvalue weighted by molar-refractivity contribution is 5.71. The molecule has 2 nitrogen and oxygen atoms in total. The summed E-state index contributed by atoms with van der Waals surface area (Å²) in [5.74, 6) is -0.954. The Balaban J connectivity index is 3.62. The van der Waals surface area contributed by atoms with E-state index in [1.54, 1.807) is 0 Å². The lowest BCUT2D eigenvalue weighted by Crippen LogP contribution is -2.15. The fourth-order valence-corrected chi connectivity index (χ4v) is 1.36. The van der Waals surface area contributed by atoms with Crippen molar-refractivity contribution in [1.29, 1.82) is 0 Å². The molecule has 0 spiro atoms. The molecule has 0 aliphatic carbocycles. The Labute approximate surface area is 91.2 Å². The van der Waals surface area contributed by atoms with E-state index in [9.17, 15) is 9.18 Å². The van der Waals surface area contributed by atoms with Gasteiger partial charge >= 0.3 is 5.97 Å². The van der Waals surface area contributed by atoms with E-state index in [1.807, 2.05) is 20.8 Å². The predicted octanol–water partition coefficient (Wildman–Crippen LogP) is 3.57. The molecule has 1 N–H and O–H groups in total. The van der Waals surface area contributed by atoms with Crippen LogP contribution in [0.25, 0.3) is 0 Å². The Bertz CT molecular complexity index is 220. The summed E-state index contributed by atoms with van der Waals surface area (Å²) in [7, 11) is 0. The number of hydrogen-bond acceptors (Lipinski definition) is 1. The fourth-order valence-electron chi connectivity index (χ4n) is 1.36. The second-order valence-electron chi connectivity index (χ2n) is 4.35. The van der Waals surface area contributed by atoms with Crippen LogP contribution in [-0.2, 0) is 4.79 Å². The van der Waals surface area contributed by atoms with Crippen LogP contribution >= 0.6 is 0 Å². The van der Waals surface area contributed by atoms with Crippen LogP contribution < -0.4 is 0 Å². The maximum atomic E-state index is 12.7. The maximum Gasteiger partial charge on any atom is 0.338 e. The topological polar surface area (TPSA) is 37.3 Å². The lowest BCUT2D eigenvalue weighted by Gasteiger charge is -2.10. The van der Waals surface area contributed by atoms with E-state index in [1.165, 1.54) is 5.57 Å². The molecule has 0 rings (SSSR count). The number of carbonyl (C=O) groups is 1. The molecule has 0 aromatic rings. The number of hydrogen-bond donors (Lipinski definition) is 1. The highest BCUT2D eigenvalue weighted by atomic mass is 19.1. The second-order valence-corrected chi connectivity index (χ2v) is 4.35. The minimum Gasteiger partial charge on any atom is -0.479 e. The molecule has 2 atom stereocenters. The molecule has 0 saturated heterocycles. The largest absolute Gasteiger partial charge is 0.479 e. The lowest BCUT2D eigenvalue weighted by molar-refractivity contribution is -0.143. The van der Waals surface area contributed by atoms with Crippen molar-refractivity contribution < 1.29 is 14.3 Å². The average Bonchev–Trinajstić information content (AvgIpc) is 2.13. The first-order valence-corrected chi connectivity index (χ1v) is 5.43. The molecule has 15 heavy (non-hydrogen) atoms. The summed E-state index contributed by atoms with van der Waals surface area (Å²) in [5, 5.41) is 8.36. The van der Waals surface area contributed by atoms with Gasteiger partial charge in [0.2, 0.25) is 0 Å². The Hall–Kier alpha value is -0.860. The van der Waals surface area contributed by atoms with Crippen molar-refractivity contribution in [2.24, 2.45) is 5.92 Å². The first kappa shape index (κ1) is 14.1. The van der Waals surface area contributed by atoms with Gasteiger partial charge in [-0.25, -0.2) is 9.18 Å². The molecule has 0 fully saturated rings. The van der Waals surface area contributed by atoms with Crippen molar-refractivity contribution in [3.63, 3.8) is 0 Å². The van der Waals surface area contributed by atoms with Crippen LogP contribution in [0.15, 0.2) is 11.6 Å². The van der Waals surface area contributed by atoms with Crippen molar-refractivity contribution in [3.05, 3.63) is 11.6 Å². The molecular formula is C12H21FO2. The first-order valence-electron chi connectivity index (χ1n) is 5.43. The molecule has 0 radical (unpaired) electrons. The van der Waals surface area contributed by atoms with Gasteiger partial charge in [-0.05, 0) is 45.4 Å². The molecule has 0 unspecified atom stereocenters. The average molecular weight is 216 g/mol. The van der Waals surface area contributed by atoms with Gasteiger partial charge in [-0.15, -0.1) is 0 Å². The zero-order chi connectivity index (χ0) is 11.8. The van der Waals surface area contributed by atoms with Crippen molar-refractivity contribution in [1.82, 2.24) is 0 Å². The monoisotopic (exact) mass is 216 g/mol. The zero-order valence-electron chi connectivity index (χ0n) is 9.79.